The van der Waals surface area contributed by atoms with Crippen LogP contribution in [0, 0.1) is 0 Å². The summed E-state index contributed by atoms with van der Waals surface area (Å²) >= 11 is 1.25. The molecule has 1 aromatic carbocycles. The Morgan fingerprint density at radius 1 is 1.12 bits per heavy atom. The van der Waals surface area contributed by atoms with Gasteiger partial charge >= 0.3 is 0 Å². The second-order valence-corrected chi connectivity index (χ2v) is 5.95. The second-order valence-electron chi connectivity index (χ2n) is 4.88. The smallest absolute Gasteiger partial charge is 0.241 e. The fourth-order valence-corrected chi connectivity index (χ4v) is 3.34. The molecule has 8 nitrogen and oxygen atoms in total. The largest absolute Gasteiger partial charge is 0.493 e. The molecule has 1 aromatic rings. The van der Waals surface area contributed by atoms with Gasteiger partial charge in [0, 0.05) is 13.8 Å². The summed E-state index contributed by atoms with van der Waals surface area (Å²) in [5.74, 6) is 0.911. The number of carbonyl (C=O) groups is 2. The van der Waals surface area contributed by atoms with Gasteiger partial charge in [-0.3, -0.25) is 9.59 Å². The molecule has 0 radical (unpaired) electrons. The van der Waals surface area contributed by atoms with Gasteiger partial charge in [-0.15, -0.1) is 5.10 Å². The lowest BCUT2D eigenvalue weighted by Crippen LogP contribution is -2.25. The predicted octanol–water partition coefficient (Wildman–Crippen LogP) is 1.71. The van der Waals surface area contributed by atoms with Crippen molar-refractivity contribution >= 4 is 28.7 Å². The normalized spacial score (nSPS) is 16.5. The van der Waals surface area contributed by atoms with Crippen LogP contribution < -0.4 is 19.5 Å². The number of benzene rings is 1. The van der Waals surface area contributed by atoms with Gasteiger partial charge in [0.1, 0.15) is 5.37 Å². The fraction of sp³-hybridized carbons (Fsp3) is 0.400. The van der Waals surface area contributed by atoms with E-state index >= 15 is 0 Å². The van der Waals surface area contributed by atoms with Crippen LogP contribution in [-0.2, 0) is 9.59 Å². The van der Waals surface area contributed by atoms with Gasteiger partial charge in [0.25, 0.3) is 0 Å². The first-order valence-corrected chi connectivity index (χ1v) is 7.91. The number of thioether (sulfide) groups is 1. The highest BCUT2D eigenvalue weighted by atomic mass is 32.2. The SMILES string of the molecule is COc1cc([C@@H]2SC(NC(C)=O)=NN2C(C)=O)cc(OC)c1OC. The zero-order chi connectivity index (χ0) is 17.9. The molecular formula is C15H19N3O5S. The van der Waals surface area contributed by atoms with Crippen molar-refractivity contribution in [2.45, 2.75) is 19.2 Å². The molecule has 0 saturated carbocycles. The molecule has 1 aliphatic rings. The Labute approximate surface area is 144 Å². The van der Waals surface area contributed by atoms with E-state index in [1.54, 1.807) is 12.1 Å². The van der Waals surface area contributed by atoms with E-state index in [-0.39, 0.29) is 11.8 Å². The number of carbonyl (C=O) groups excluding carboxylic acids is 2. The summed E-state index contributed by atoms with van der Waals surface area (Å²) in [6.45, 7) is 2.79. The first-order valence-electron chi connectivity index (χ1n) is 7.03. The van der Waals surface area contributed by atoms with Gasteiger partial charge < -0.3 is 19.5 Å². The molecule has 130 valence electrons. The van der Waals surface area contributed by atoms with E-state index in [9.17, 15) is 9.59 Å². The third kappa shape index (κ3) is 3.56. The van der Waals surface area contributed by atoms with Gasteiger partial charge in [-0.05, 0) is 17.7 Å². The molecule has 24 heavy (non-hydrogen) atoms. The number of nitrogens with zero attached hydrogens (tertiary/aromatic N) is 2. The number of nitrogens with one attached hydrogen (secondary N) is 1. The van der Waals surface area contributed by atoms with Gasteiger partial charge in [-0.2, -0.15) is 0 Å². The van der Waals surface area contributed by atoms with Crippen molar-refractivity contribution in [1.29, 1.82) is 0 Å². The van der Waals surface area contributed by atoms with E-state index in [1.165, 1.54) is 51.9 Å². The Balaban J connectivity index is 2.43. The highest BCUT2D eigenvalue weighted by molar-refractivity contribution is 8.14. The van der Waals surface area contributed by atoms with Crippen molar-refractivity contribution in [3.8, 4) is 17.2 Å². The Hall–Kier alpha value is -2.42. The van der Waals surface area contributed by atoms with Gasteiger partial charge in [0.2, 0.25) is 17.6 Å². The molecule has 0 fully saturated rings. The highest BCUT2D eigenvalue weighted by Gasteiger charge is 2.33. The Morgan fingerprint density at radius 3 is 2.12 bits per heavy atom. The Kier molecular flexibility index (Phi) is 5.55. The van der Waals surface area contributed by atoms with E-state index in [2.05, 4.69) is 10.4 Å². The quantitative estimate of drug-likeness (QED) is 0.886. The minimum Gasteiger partial charge on any atom is -0.493 e. The number of hydrogen-bond acceptors (Lipinski definition) is 7. The molecule has 1 N–H and O–H groups in total. The van der Waals surface area contributed by atoms with Crippen LogP contribution in [0.2, 0.25) is 0 Å². The number of amidine groups is 1. The summed E-state index contributed by atoms with van der Waals surface area (Å²) in [6, 6.07) is 3.50. The van der Waals surface area contributed by atoms with E-state index in [1.807, 2.05) is 0 Å². The first kappa shape index (κ1) is 17.9. The second kappa shape index (κ2) is 7.43. The van der Waals surface area contributed by atoms with Crippen LogP contribution in [0.25, 0.3) is 0 Å². The molecule has 0 aliphatic carbocycles. The molecule has 1 aliphatic heterocycles. The van der Waals surface area contributed by atoms with Crippen LogP contribution in [-0.4, -0.2) is 43.3 Å². The van der Waals surface area contributed by atoms with Crippen molar-refractivity contribution < 1.29 is 23.8 Å². The van der Waals surface area contributed by atoms with E-state index in [0.717, 1.165) is 5.56 Å². The van der Waals surface area contributed by atoms with E-state index in [0.29, 0.717) is 22.4 Å². The first-order chi connectivity index (χ1) is 11.4. The lowest BCUT2D eigenvalue weighted by molar-refractivity contribution is -0.129. The number of hydrogen-bond donors (Lipinski definition) is 1. The monoisotopic (exact) mass is 353 g/mol. The Morgan fingerprint density at radius 2 is 1.71 bits per heavy atom. The molecule has 0 bridgehead atoms. The minimum absolute atomic E-state index is 0.249. The van der Waals surface area contributed by atoms with Crippen molar-refractivity contribution in [3.63, 3.8) is 0 Å². The van der Waals surface area contributed by atoms with Gasteiger partial charge in [-0.25, -0.2) is 5.01 Å². The number of amides is 2. The Bertz CT molecular complexity index is 667. The summed E-state index contributed by atoms with van der Waals surface area (Å²) in [5, 5.41) is 7.97. The molecule has 0 spiro atoms. The van der Waals surface area contributed by atoms with E-state index in [4.69, 9.17) is 14.2 Å². The summed E-state index contributed by atoms with van der Waals surface area (Å²) < 4.78 is 16.0. The lowest BCUT2D eigenvalue weighted by atomic mass is 10.1. The maximum absolute atomic E-state index is 11.9. The molecule has 1 atom stereocenters. The van der Waals surface area contributed by atoms with Crippen molar-refractivity contribution in [3.05, 3.63) is 17.7 Å². The summed E-state index contributed by atoms with van der Waals surface area (Å²) in [6.07, 6.45) is 0. The molecular weight excluding hydrogens is 334 g/mol. The molecule has 9 heteroatoms. The van der Waals surface area contributed by atoms with Crippen molar-refractivity contribution in [2.75, 3.05) is 21.3 Å². The van der Waals surface area contributed by atoms with Crippen molar-refractivity contribution in [2.24, 2.45) is 5.10 Å². The number of rotatable bonds is 4. The van der Waals surface area contributed by atoms with Crippen LogP contribution in [0.5, 0.6) is 17.2 Å². The average Bonchev–Trinajstić information content (AvgIpc) is 2.96. The predicted molar refractivity (Wildman–Crippen MR) is 90.2 cm³/mol. The maximum atomic E-state index is 11.9. The number of hydrazone groups is 1. The number of ether oxygens (including phenoxy) is 3. The molecule has 0 aromatic heterocycles. The fourth-order valence-electron chi connectivity index (χ4n) is 2.22. The average molecular weight is 353 g/mol. The lowest BCUT2D eigenvalue weighted by Gasteiger charge is -2.21. The molecule has 1 heterocycles. The summed E-state index contributed by atoms with van der Waals surface area (Å²) in [5.41, 5.74) is 0.730. The zero-order valence-corrected chi connectivity index (χ0v) is 14.9. The minimum atomic E-state index is -0.446. The molecule has 2 amide bonds. The third-order valence-electron chi connectivity index (χ3n) is 3.22. The van der Waals surface area contributed by atoms with Gasteiger partial charge in [-0.1, -0.05) is 11.8 Å². The van der Waals surface area contributed by atoms with Gasteiger partial charge in [0.15, 0.2) is 16.7 Å². The highest BCUT2D eigenvalue weighted by Crippen LogP contribution is 2.45. The molecule has 0 saturated heterocycles. The summed E-state index contributed by atoms with van der Waals surface area (Å²) in [4.78, 5) is 23.1. The van der Waals surface area contributed by atoms with Crippen LogP contribution >= 0.6 is 11.8 Å². The summed E-state index contributed by atoms with van der Waals surface area (Å²) in [7, 11) is 4.56. The zero-order valence-electron chi connectivity index (χ0n) is 14.1. The van der Waals surface area contributed by atoms with Crippen LogP contribution in [0.1, 0.15) is 24.8 Å². The van der Waals surface area contributed by atoms with Crippen LogP contribution in [0.4, 0.5) is 0 Å². The van der Waals surface area contributed by atoms with Crippen LogP contribution in [0.3, 0.4) is 0 Å². The molecule has 0 unspecified atom stereocenters. The maximum Gasteiger partial charge on any atom is 0.241 e. The third-order valence-corrected chi connectivity index (χ3v) is 4.32. The van der Waals surface area contributed by atoms with Crippen molar-refractivity contribution in [1.82, 2.24) is 10.3 Å². The topological polar surface area (TPSA) is 89.5 Å². The number of methoxy groups -OCH3 is 3. The standard InChI is InChI=1S/C15H19N3O5S/c1-8(19)16-15-17-18(9(2)20)14(24-15)10-6-11(21-3)13(23-5)12(7-10)22-4/h6-7,14H,1-5H3,(H,16,17,19)/t14-/m0/s1. The van der Waals surface area contributed by atoms with Crippen LogP contribution in [0.15, 0.2) is 17.2 Å². The molecule has 2 rings (SSSR count). The van der Waals surface area contributed by atoms with Gasteiger partial charge in [0.05, 0.1) is 21.3 Å². The van der Waals surface area contributed by atoms with E-state index < -0.39 is 5.37 Å².